The second-order valence-electron chi connectivity index (χ2n) is 9.47. The molecule has 5 rings (SSSR count). The summed E-state index contributed by atoms with van der Waals surface area (Å²) in [7, 11) is 0. The van der Waals surface area contributed by atoms with E-state index in [9.17, 15) is 14.7 Å². The molecule has 1 aromatic heterocycles. The van der Waals surface area contributed by atoms with Gasteiger partial charge in [0.05, 0.1) is 15.3 Å². The van der Waals surface area contributed by atoms with E-state index in [-0.39, 0.29) is 32.3 Å². The summed E-state index contributed by atoms with van der Waals surface area (Å²) in [4.78, 5) is 25.1. The smallest absolute Gasteiger partial charge is 0.256 e. The van der Waals surface area contributed by atoms with Crippen molar-refractivity contribution in [2.75, 3.05) is 5.32 Å². The van der Waals surface area contributed by atoms with Crippen molar-refractivity contribution in [1.29, 1.82) is 0 Å². The summed E-state index contributed by atoms with van der Waals surface area (Å²) in [5.41, 5.74) is 7.45. The van der Waals surface area contributed by atoms with E-state index >= 15 is 0 Å². The number of nitrogens with two attached hydrogens (primary N) is 1. The van der Waals surface area contributed by atoms with E-state index in [0.717, 1.165) is 35.5 Å². The molecule has 0 spiro atoms. The minimum atomic E-state index is -0.716. The Morgan fingerprint density at radius 3 is 2.41 bits per heavy atom. The fourth-order valence-corrected chi connectivity index (χ4v) is 7.30. The normalized spacial score (nSPS) is 20.4. The molecule has 0 aliphatic heterocycles. The zero-order valence-corrected chi connectivity index (χ0v) is 20.9. The lowest BCUT2D eigenvalue weighted by Gasteiger charge is -2.41. The van der Waals surface area contributed by atoms with E-state index in [1.165, 1.54) is 50.2 Å². The predicted molar refractivity (Wildman–Crippen MR) is 138 cm³/mol. The number of amides is 2. The fraction of sp³-hybridized carbons (Fsp3) is 0.385. The molecule has 5 nitrogen and oxygen atoms in total. The monoisotopic (exact) mass is 516 g/mol. The minimum Gasteiger partial charge on any atom is -0.505 e. The molecular formula is C26H26Cl2N2O3S. The summed E-state index contributed by atoms with van der Waals surface area (Å²) in [5, 5.41) is 13.5. The molecule has 1 heterocycles. The lowest BCUT2D eigenvalue weighted by atomic mass is 9.64. The van der Waals surface area contributed by atoms with Crippen LogP contribution in [0.5, 0.6) is 5.75 Å². The summed E-state index contributed by atoms with van der Waals surface area (Å²) in [6.45, 7) is 0. The Balaban J connectivity index is 1.32. The lowest BCUT2D eigenvalue weighted by molar-refractivity contribution is 0.100. The number of carbonyl (C=O) groups excluding carboxylic acids is 2. The van der Waals surface area contributed by atoms with Gasteiger partial charge >= 0.3 is 0 Å². The first-order valence-electron chi connectivity index (χ1n) is 11.7. The van der Waals surface area contributed by atoms with E-state index in [1.54, 1.807) is 0 Å². The number of anilines is 1. The van der Waals surface area contributed by atoms with Gasteiger partial charge in [0, 0.05) is 10.9 Å². The Morgan fingerprint density at radius 2 is 1.79 bits per heavy atom. The number of halogens is 2. The third kappa shape index (κ3) is 4.28. The second kappa shape index (κ2) is 9.40. The van der Waals surface area contributed by atoms with Gasteiger partial charge in [-0.25, -0.2) is 0 Å². The number of rotatable bonds is 6. The molecule has 178 valence electrons. The van der Waals surface area contributed by atoms with Crippen LogP contribution in [0.1, 0.15) is 64.8 Å². The number of thiophene rings is 1. The molecule has 2 atom stereocenters. The van der Waals surface area contributed by atoms with E-state index in [2.05, 4.69) is 5.32 Å². The average Bonchev–Trinajstić information content (AvgIpc) is 3.43. The number of phenols is 1. The number of nitrogens with one attached hydrogen (secondary N) is 1. The molecule has 2 aliphatic rings. The first-order chi connectivity index (χ1) is 16.3. The summed E-state index contributed by atoms with van der Waals surface area (Å²) < 4.78 is 0.431. The van der Waals surface area contributed by atoms with Crippen molar-refractivity contribution in [2.45, 2.75) is 44.9 Å². The highest BCUT2D eigenvalue weighted by atomic mass is 35.5. The van der Waals surface area contributed by atoms with E-state index in [1.807, 2.05) is 24.3 Å². The first-order valence-corrected chi connectivity index (χ1v) is 13.2. The molecule has 2 aliphatic carbocycles. The summed E-state index contributed by atoms with van der Waals surface area (Å²) in [5.74, 6) is 1.20. The van der Waals surface area contributed by atoms with Gasteiger partial charge in [0.2, 0.25) is 0 Å². The van der Waals surface area contributed by atoms with Gasteiger partial charge in [0.1, 0.15) is 10.0 Å². The highest BCUT2D eigenvalue weighted by molar-refractivity contribution is 7.24. The standard InChI is InChI=1S/C26H26Cl2N2O3S/c27-19-12-18-20(24(29)32)26(34-23(18)21(28)22(19)31)30-25(33)15-7-5-13(6-8-15)11-16-9-10-17(16)14-3-1-2-4-14/h5-8,12,14,16-17,31H,1-4,9-11H2,(H2,29,32)(H,30,33). The van der Waals surface area contributed by atoms with Crippen molar-refractivity contribution in [2.24, 2.45) is 23.5 Å². The molecule has 8 heteroatoms. The van der Waals surface area contributed by atoms with Crippen molar-refractivity contribution in [3.05, 3.63) is 57.1 Å². The highest BCUT2D eigenvalue weighted by Gasteiger charge is 2.37. The topological polar surface area (TPSA) is 92.4 Å². The van der Waals surface area contributed by atoms with E-state index in [4.69, 9.17) is 28.9 Å². The van der Waals surface area contributed by atoms with Crippen molar-refractivity contribution >= 4 is 61.4 Å². The Bertz CT molecular complexity index is 1270. The molecule has 0 radical (unpaired) electrons. The van der Waals surface area contributed by atoms with Crippen molar-refractivity contribution in [1.82, 2.24) is 0 Å². The van der Waals surface area contributed by atoms with Crippen LogP contribution in [0.4, 0.5) is 5.00 Å². The average molecular weight is 517 g/mol. The lowest BCUT2D eigenvalue weighted by Crippen LogP contribution is -2.32. The van der Waals surface area contributed by atoms with Gasteiger partial charge in [0.25, 0.3) is 11.8 Å². The molecular weight excluding hydrogens is 491 g/mol. The first kappa shape index (κ1) is 23.5. The van der Waals surface area contributed by atoms with Gasteiger partial charge in [-0.3, -0.25) is 9.59 Å². The maximum Gasteiger partial charge on any atom is 0.256 e. The Morgan fingerprint density at radius 1 is 1.09 bits per heavy atom. The molecule has 0 bridgehead atoms. The summed E-state index contributed by atoms with van der Waals surface area (Å²) >= 11 is 13.3. The van der Waals surface area contributed by atoms with Gasteiger partial charge < -0.3 is 16.2 Å². The van der Waals surface area contributed by atoms with Crippen LogP contribution in [0.15, 0.2) is 30.3 Å². The van der Waals surface area contributed by atoms with Crippen LogP contribution >= 0.6 is 34.5 Å². The minimum absolute atomic E-state index is 0.00731. The molecule has 2 fully saturated rings. The van der Waals surface area contributed by atoms with Gasteiger partial charge in [-0.15, -0.1) is 11.3 Å². The number of hydrogen-bond donors (Lipinski definition) is 3. The number of fused-ring (bicyclic) bond motifs is 1. The SMILES string of the molecule is NC(=O)c1c(NC(=O)c2ccc(CC3CCC3C3CCCC3)cc2)sc2c(Cl)c(O)c(Cl)cc12. The van der Waals surface area contributed by atoms with Crippen LogP contribution in [0.3, 0.4) is 0 Å². The largest absolute Gasteiger partial charge is 0.505 e. The van der Waals surface area contributed by atoms with E-state index < -0.39 is 5.91 Å². The Hall–Kier alpha value is -2.28. The summed E-state index contributed by atoms with van der Waals surface area (Å²) in [6.07, 6.45) is 9.27. The molecule has 2 saturated carbocycles. The Kier molecular flexibility index (Phi) is 6.49. The van der Waals surface area contributed by atoms with Crippen LogP contribution in [0.25, 0.3) is 10.1 Å². The molecule has 3 aromatic rings. The second-order valence-corrected chi connectivity index (χ2v) is 11.3. The number of phenolic OH excluding ortho intramolecular Hbond substituents is 1. The summed E-state index contributed by atoms with van der Waals surface area (Å²) in [6, 6.07) is 9.11. The third-order valence-corrected chi connectivity index (χ3v) is 9.43. The zero-order valence-electron chi connectivity index (χ0n) is 18.6. The molecule has 2 unspecified atom stereocenters. The quantitative estimate of drug-likeness (QED) is 0.328. The van der Waals surface area contributed by atoms with Gasteiger partial charge in [-0.05, 0) is 60.8 Å². The number of primary amides is 1. The number of benzene rings is 2. The maximum atomic E-state index is 12.9. The van der Waals surface area contributed by atoms with Crippen LogP contribution in [0, 0.1) is 17.8 Å². The van der Waals surface area contributed by atoms with Crippen molar-refractivity contribution < 1.29 is 14.7 Å². The van der Waals surface area contributed by atoms with Crippen molar-refractivity contribution in [3.63, 3.8) is 0 Å². The molecule has 34 heavy (non-hydrogen) atoms. The van der Waals surface area contributed by atoms with Crippen molar-refractivity contribution in [3.8, 4) is 5.75 Å². The fourth-order valence-electron chi connectivity index (χ4n) is 5.61. The van der Waals surface area contributed by atoms with Gasteiger partial charge in [-0.2, -0.15) is 0 Å². The predicted octanol–water partition coefficient (Wildman–Crippen LogP) is 7.02. The van der Waals surface area contributed by atoms with Crippen LogP contribution in [0.2, 0.25) is 10.0 Å². The Labute approximate surface area is 212 Å². The number of hydrogen-bond acceptors (Lipinski definition) is 4. The maximum absolute atomic E-state index is 12.9. The van der Waals surface area contributed by atoms with Crippen LogP contribution in [-0.2, 0) is 6.42 Å². The third-order valence-electron chi connectivity index (χ3n) is 7.52. The number of carbonyl (C=O) groups is 2. The molecule has 4 N–H and O–H groups in total. The van der Waals surface area contributed by atoms with Gasteiger partial charge in [-0.1, -0.05) is 61.0 Å². The van der Waals surface area contributed by atoms with Gasteiger partial charge in [0.15, 0.2) is 5.75 Å². The van der Waals surface area contributed by atoms with Crippen LogP contribution < -0.4 is 11.1 Å². The molecule has 0 saturated heterocycles. The molecule has 2 aromatic carbocycles. The zero-order chi connectivity index (χ0) is 24.0. The number of aromatic hydroxyl groups is 1. The van der Waals surface area contributed by atoms with Crippen LogP contribution in [-0.4, -0.2) is 16.9 Å². The van der Waals surface area contributed by atoms with E-state index in [0.29, 0.717) is 15.6 Å². The highest BCUT2D eigenvalue weighted by Crippen LogP contribution is 2.48. The molecule has 2 amide bonds.